The van der Waals surface area contributed by atoms with E-state index in [0.29, 0.717) is 26.1 Å². The Kier molecular flexibility index (Phi) is 5.25. The molecule has 0 bridgehead atoms. The molecule has 1 aliphatic heterocycles. The monoisotopic (exact) mass is 228 g/mol. The summed E-state index contributed by atoms with van der Waals surface area (Å²) in [5, 5.41) is 0. The van der Waals surface area contributed by atoms with Gasteiger partial charge < -0.3 is 15.4 Å². The van der Waals surface area contributed by atoms with Crippen LogP contribution >= 0.6 is 0 Å². The quantitative estimate of drug-likeness (QED) is 0.694. The van der Waals surface area contributed by atoms with Gasteiger partial charge in [-0.2, -0.15) is 0 Å². The predicted molar refractivity (Wildman–Crippen MR) is 59.6 cm³/mol. The molecule has 0 aromatic carbocycles. The van der Waals surface area contributed by atoms with Crippen molar-refractivity contribution in [3.63, 3.8) is 0 Å². The lowest BCUT2D eigenvalue weighted by atomic mass is 9.98. The third-order valence-electron chi connectivity index (χ3n) is 2.75. The fourth-order valence-corrected chi connectivity index (χ4v) is 1.94. The Labute approximate surface area is 95.9 Å². The van der Waals surface area contributed by atoms with E-state index in [1.54, 1.807) is 11.8 Å². The maximum absolute atomic E-state index is 11.6. The first kappa shape index (κ1) is 13.0. The van der Waals surface area contributed by atoms with Crippen LogP contribution in [0.15, 0.2) is 0 Å². The molecule has 1 saturated heterocycles. The van der Waals surface area contributed by atoms with Crippen LogP contribution in [0.2, 0.25) is 0 Å². The van der Waals surface area contributed by atoms with Crippen LogP contribution in [0.4, 0.5) is 0 Å². The molecule has 5 nitrogen and oxygen atoms in total. The summed E-state index contributed by atoms with van der Waals surface area (Å²) in [5.74, 6) is -0.306. The molecule has 1 amide bonds. The molecule has 1 heterocycles. The van der Waals surface area contributed by atoms with Gasteiger partial charge in [-0.05, 0) is 19.8 Å². The van der Waals surface area contributed by atoms with E-state index in [1.165, 1.54) is 0 Å². The number of likely N-dealkylation sites (tertiary alicyclic amines) is 1. The number of piperidine rings is 1. The lowest BCUT2D eigenvalue weighted by molar-refractivity contribution is -0.151. The minimum Gasteiger partial charge on any atom is -0.466 e. The van der Waals surface area contributed by atoms with Crippen molar-refractivity contribution < 1.29 is 14.3 Å². The zero-order valence-corrected chi connectivity index (χ0v) is 9.78. The van der Waals surface area contributed by atoms with Gasteiger partial charge in [-0.1, -0.05) is 0 Å². The number of hydrogen-bond acceptors (Lipinski definition) is 4. The van der Waals surface area contributed by atoms with E-state index in [-0.39, 0.29) is 17.8 Å². The predicted octanol–water partition coefficient (Wildman–Crippen LogP) is 0.137. The summed E-state index contributed by atoms with van der Waals surface area (Å²) in [6, 6.07) is 0. The zero-order chi connectivity index (χ0) is 12.0. The number of rotatable bonds is 4. The summed E-state index contributed by atoms with van der Waals surface area (Å²) < 4.78 is 4.97. The van der Waals surface area contributed by atoms with Gasteiger partial charge in [0.1, 0.15) is 0 Å². The Morgan fingerprint density at radius 3 is 2.88 bits per heavy atom. The van der Waals surface area contributed by atoms with E-state index in [0.717, 1.165) is 19.4 Å². The van der Waals surface area contributed by atoms with Gasteiger partial charge in [0.25, 0.3) is 0 Å². The maximum Gasteiger partial charge on any atom is 0.310 e. The van der Waals surface area contributed by atoms with Crippen LogP contribution in [0.1, 0.15) is 26.2 Å². The highest BCUT2D eigenvalue weighted by Gasteiger charge is 2.28. The Morgan fingerprint density at radius 2 is 2.25 bits per heavy atom. The molecule has 92 valence electrons. The molecule has 1 fully saturated rings. The molecule has 2 N–H and O–H groups in total. The summed E-state index contributed by atoms with van der Waals surface area (Å²) in [5.41, 5.74) is 5.34. The normalized spacial score (nSPS) is 20.6. The Morgan fingerprint density at radius 1 is 1.50 bits per heavy atom. The summed E-state index contributed by atoms with van der Waals surface area (Å²) in [6.45, 7) is 3.76. The zero-order valence-electron chi connectivity index (χ0n) is 9.78. The van der Waals surface area contributed by atoms with Gasteiger partial charge in [-0.15, -0.1) is 0 Å². The summed E-state index contributed by atoms with van der Waals surface area (Å²) in [7, 11) is 0. The highest BCUT2D eigenvalue weighted by molar-refractivity contribution is 5.78. The average molecular weight is 228 g/mol. The molecule has 0 aromatic rings. The van der Waals surface area contributed by atoms with E-state index in [2.05, 4.69) is 0 Å². The first-order valence-corrected chi connectivity index (χ1v) is 5.83. The number of esters is 1. The van der Waals surface area contributed by atoms with E-state index >= 15 is 0 Å². The molecule has 0 aromatic heterocycles. The smallest absolute Gasteiger partial charge is 0.310 e. The van der Waals surface area contributed by atoms with Crippen LogP contribution in [-0.4, -0.2) is 43.0 Å². The van der Waals surface area contributed by atoms with E-state index < -0.39 is 0 Å². The number of hydrogen-bond donors (Lipinski definition) is 1. The largest absolute Gasteiger partial charge is 0.466 e. The van der Waals surface area contributed by atoms with E-state index in [9.17, 15) is 9.59 Å². The highest BCUT2D eigenvalue weighted by atomic mass is 16.5. The third kappa shape index (κ3) is 3.48. The molecular weight excluding hydrogens is 208 g/mol. The van der Waals surface area contributed by atoms with E-state index in [4.69, 9.17) is 10.5 Å². The lowest BCUT2D eigenvalue weighted by Crippen LogP contribution is -2.43. The van der Waals surface area contributed by atoms with Crippen molar-refractivity contribution in [3.05, 3.63) is 0 Å². The summed E-state index contributed by atoms with van der Waals surface area (Å²) >= 11 is 0. The topological polar surface area (TPSA) is 72.6 Å². The molecular formula is C11H20N2O3. The fraction of sp³-hybridized carbons (Fsp3) is 0.818. The number of carbonyl (C=O) groups excluding carboxylic acids is 2. The Balaban J connectivity index is 2.46. The third-order valence-corrected chi connectivity index (χ3v) is 2.75. The number of nitrogens with zero attached hydrogens (tertiary/aromatic N) is 1. The molecule has 16 heavy (non-hydrogen) atoms. The van der Waals surface area contributed by atoms with Crippen LogP contribution in [-0.2, 0) is 14.3 Å². The van der Waals surface area contributed by atoms with Gasteiger partial charge in [-0.25, -0.2) is 0 Å². The lowest BCUT2D eigenvalue weighted by Gasteiger charge is -2.31. The SMILES string of the molecule is CCOC(=O)C1CCCN(C(=O)CCN)C1. The van der Waals surface area contributed by atoms with Crippen LogP contribution in [0, 0.1) is 5.92 Å². The molecule has 1 aliphatic rings. The maximum atomic E-state index is 11.6. The van der Waals surface area contributed by atoms with E-state index in [1.807, 2.05) is 0 Å². The number of ether oxygens (including phenoxy) is 1. The van der Waals surface area contributed by atoms with Gasteiger partial charge in [-0.3, -0.25) is 9.59 Å². The molecule has 0 spiro atoms. The van der Waals surface area contributed by atoms with Crippen molar-refractivity contribution in [2.75, 3.05) is 26.2 Å². The molecule has 1 unspecified atom stereocenters. The second kappa shape index (κ2) is 6.48. The second-order valence-corrected chi connectivity index (χ2v) is 3.97. The molecule has 1 atom stereocenters. The first-order chi connectivity index (χ1) is 7.69. The first-order valence-electron chi connectivity index (χ1n) is 5.83. The van der Waals surface area contributed by atoms with Crippen molar-refractivity contribution in [1.29, 1.82) is 0 Å². The molecule has 0 aliphatic carbocycles. The number of carbonyl (C=O) groups is 2. The molecule has 1 rings (SSSR count). The van der Waals surface area contributed by atoms with Crippen LogP contribution in [0.5, 0.6) is 0 Å². The van der Waals surface area contributed by atoms with Crippen LogP contribution in [0.25, 0.3) is 0 Å². The number of nitrogens with two attached hydrogens (primary N) is 1. The van der Waals surface area contributed by atoms with Crippen LogP contribution in [0.3, 0.4) is 0 Å². The van der Waals surface area contributed by atoms with Gasteiger partial charge in [0.2, 0.25) is 5.91 Å². The standard InChI is InChI=1S/C11H20N2O3/c1-2-16-11(15)9-4-3-7-13(8-9)10(14)5-6-12/h9H,2-8,12H2,1H3. The van der Waals surface area contributed by atoms with Gasteiger partial charge in [0.05, 0.1) is 12.5 Å². The average Bonchev–Trinajstić information content (AvgIpc) is 2.30. The highest BCUT2D eigenvalue weighted by Crippen LogP contribution is 2.18. The second-order valence-electron chi connectivity index (χ2n) is 3.97. The molecule has 0 radical (unpaired) electrons. The summed E-state index contributed by atoms with van der Waals surface area (Å²) in [4.78, 5) is 24.9. The van der Waals surface area contributed by atoms with Crippen molar-refractivity contribution in [1.82, 2.24) is 4.90 Å². The van der Waals surface area contributed by atoms with Gasteiger partial charge in [0.15, 0.2) is 0 Å². The Bertz CT molecular complexity index is 232. The van der Waals surface area contributed by atoms with Gasteiger partial charge in [0, 0.05) is 26.1 Å². The van der Waals surface area contributed by atoms with Crippen molar-refractivity contribution in [3.8, 4) is 0 Å². The number of amides is 1. The molecule has 5 heteroatoms. The van der Waals surface area contributed by atoms with Gasteiger partial charge >= 0.3 is 5.97 Å². The van der Waals surface area contributed by atoms with Crippen molar-refractivity contribution >= 4 is 11.9 Å². The Hall–Kier alpha value is -1.10. The van der Waals surface area contributed by atoms with Crippen LogP contribution < -0.4 is 5.73 Å². The summed E-state index contributed by atoms with van der Waals surface area (Å²) in [6.07, 6.45) is 2.03. The molecule has 0 saturated carbocycles. The van der Waals surface area contributed by atoms with Crippen molar-refractivity contribution in [2.45, 2.75) is 26.2 Å². The minimum absolute atomic E-state index is 0.0384. The minimum atomic E-state index is -0.187. The fourth-order valence-electron chi connectivity index (χ4n) is 1.94. The van der Waals surface area contributed by atoms with Crippen molar-refractivity contribution in [2.24, 2.45) is 11.7 Å².